The van der Waals surface area contributed by atoms with Crippen LogP contribution in [-0.4, -0.2) is 42.4 Å². The van der Waals surface area contributed by atoms with Gasteiger partial charge in [0.2, 0.25) is 0 Å². The van der Waals surface area contributed by atoms with E-state index in [0.29, 0.717) is 6.61 Å². The third-order valence-electron chi connectivity index (χ3n) is 2.66. The lowest BCUT2D eigenvalue weighted by molar-refractivity contribution is 0.0264. The van der Waals surface area contributed by atoms with Gasteiger partial charge in [-0.2, -0.15) is 0 Å². The molecule has 2 rings (SSSR count). The van der Waals surface area contributed by atoms with Crippen LogP contribution >= 0.6 is 0 Å². The molecule has 0 atom stereocenters. The molecule has 13 heavy (non-hydrogen) atoms. The van der Waals surface area contributed by atoms with Crippen molar-refractivity contribution in [3.63, 3.8) is 0 Å². The van der Waals surface area contributed by atoms with Gasteiger partial charge < -0.3 is 4.74 Å². The van der Waals surface area contributed by atoms with Gasteiger partial charge in [-0.3, -0.25) is 0 Å². The molecule has 0 aliphatic carbocycles. The SMILES string of the molecule is O=C1OCCN1N1CCCCCC1. The maximum atomic E-state index is 11.2. The number of carbonyl (C=O) groups excluding carboxylic acids is 1. The van der Waals surface area contributed by atoms with Gasteiger partial charge in [0.05, 0.1) is 6.54 Å². The molecule has 0 unspecified atom stereocenters. The predicted molar refractivity (Wildman–Crippen MR) is 48.1 cm³/mol. The Kier molecular flexibility index (Phi) is 2.68. The molecule has 0 bridgehead atoms. The van der Waals surface area contributed by atoms with Crippen LogP contribution in [0.25, 0.3) is 0 Å². The van der Waals surface area contributed by atoms with Crippen molar-refractivity contribution in [2.45, 2.75) is 25.7 Å². The van der Waals surface area contributed by atoms with E-state index < -0.39 is 0 Å². The molecule has 2 fully saturated rings. The van der Waals surface area contributed by atoms with Gasteiger partial charge in [0.1, 0.15) is 6.61 Å². The monoisotopic (exact) mass is 184 g/mol. The lowest BCUT2D eigenvalue weighted by Crippen LogP contribution is -2.43. The second-order valence-electron chi connectivity index (χ2n) is 3.61. The van der Waals surface area contributed by atoms with E-state index in [1.54, 1.807) is 5.01 Å². The van der Waals surface area contributed by atoms with Crippen LogP contribution < -0.4 is 0 Å². The number of cyclic esters (lactones) is 1. The third-order valence-corrected chi connectivity index (χ3v) is 2.66. The Morgan fingerprint density at radius 2 is 1.69 bits per heavy atom. The topological polar surface area (TPSA) is 32.8 Å². The van der Waals surface area contributed by atoms with E-state index in [0.717, 1.165) is 19.6 Å². The van der Waals surface area contributed by atoms with Gasteiger partial charge in [0, 0.05) is 13.1 Å². The first-order valence-corrected chi connectivity index (χ1v) is 5.07. The van der Waals surface area contributed by atoms with Gasteiger partial charge in [-0.25, -0.2) is 14.8 Å². The van der Waals surface area contributed by atoms with E-state index in [1.807, 2.05) is 0 Å². The summed E-state index contributed by atoms with van der Waals surface area (Å²) in [6.07, 6.45) is 4.81. The molecule has 4 nitrogen and oxygen atoms in total. The Balaban J connectivity index is 1.93. The molecule has 4 heteroatoms. The van der Waals surface area contributed by atoms with Gasteiger partial charge >= 0.3 is 6.09 Å². The minimum atomic E-state index is -0.165. The first kappa shape index (κ1) is 8.81. The third kappa shape index (κ3) is 1.94. The van der Waals surface area contributed by atoms with Gasteiger partial charge in [0.25, 0.3) is 0 Å². The van der Waals surface area contributed by atoms with Crippen molar-refractivity contribution >= 4 is 6.09 Å². The number of hydrogen-bond acceptors (Lipinski definition) is 3. The molecule has 0 aromatic carbocycles. The van der Waals surface area contributed by atoms with Gasteiger partial charge in [-0.1, -0.05) is 12.8 Å². The smallest absolute Gasteiger partial charge is 0.424 e. The Morgan fingerprint density at radius 3 is 2.23 bits per heavy atom. The van der Waals surface area contributed by atoms with Crippen LogP contribution in [0.3, 0.4) is 0 Å². The van der Waals surface area contributed by atoms with Crippen LogP contribution in [0.5, 0.6) is 0 Å². The fourth-order valence-electron chi connectivity index (χ4n) is 1.94. The molecule has 0 aromatic heterocycles. The Morgan fingerprint density at radius 1 is 1.00 bits per heavy atom. The van der Waals surface area contributed by atoms with Crippen molar-refractivity contribution < 1.29 is 9.53 Å². The number of carbonyl (C=O) groups is 1. The van der Waals surface area contributed by atoms with Gasteiger partial charge in [-0.05, 0) is 12.8 Å². The second-order valence-corrected chi connectivity index (χ2v) is 3.61. The highest BCUT2D eigenvalue weighted by molar-refractivity contribution is 5.68. The highest BCUT2D eigenvalue weighted by atomic mass is 16.6. The molecule has 2 aliphatic heterocycles. The van der Waals surface area contributed by atoms with Crippen molar-refractivity contribution in [2.24, 2.45) is 0 Å². The highest BCUT2D eigenvalue weighted by Crippen LogP contribution is 2.15. The molecule has 2 saturated heterocycles. The average Bonchev–Trinajstić information content (AvgIpc) is 2.43. The molecular formula is C9H16N2O2. The van der Waals surface area contributed by atoms with E-state index in [4.69, 9.17) is 4.74 Å². The molecule has 2 heterocycles. The normalized spacial score (nSPS) is 25.8. The van der Waals surface area contributed by atoms with Crippen molar-refractivity contribution in [1.82, 2.24) is 10.0 Å². The number of nitrogens with zero attached hydrogens (tertiary/aromatic N) is 2. The summed E-state index contributed by atoms with van der Waals surface area (Å²) < 4.78 is 4.90. The average molecular weight is 184 g/mol. The molecule has 2 aliphatic rings. The fraction of sp³-hybridized carbons (Fsp3) is 0.889. The fourth-order valence-corrected chi connectivity index (χ4v) is 1.94. The van der Waals surface area contributed by atoms with E-state index in [2.05, 4.69) is 5.01 Å². The molecular weight excluding hydrogens is 168 g/mol. The highest BCUT2D eigenvalue weighted by Gasteiger charge is 2.27. The number of hydrazine groups is 1. The van der Waals surface area contributed by atoms with E-state index >= 15 is 0 Å². The van der Waals surface area contributed by atoms with Gasteiger partial charge in [-0.15, -0.1) is 0 Å². The quantitative estimate of drug-likeness (QED) is 0.614. The lowest BCUT2D eigenvalue weighted by atomic mass is 10.2. The number of rotatable bonds is 1. The molecule has 0 saturated carbocycles. The minimum absolute atomic E-state index is 0.165. The zero-order valence-corrected chi connectivity index (χ0v) is 7.87. The molecule has 0 radical (unpaired) electrons. The van der Waals surface area contributed by atoms with Crippen molar-refractivity contribution in [3.05, 3.63) is 0 Å². The van der Waals surface area contributed by atoms with Crippen LogP contribution in [0.2, 0.25) is 0 Å². The molecule has 1 amide bonds. The Labute approximate surface area is 78.4 Å². The first-order valence-electron chi connectivity index (χ1n) is 5.07. The molecule has 0 N–H and O–H groups in total. The summed E-state index contributed by atoms with van der Waals surface area (Å²) in [7, 11) is 0. The van der Waals surface area contributed by atoms with Crippen molar-refractivity contribution in [1.29, 1.82) is 0 Å². The van der Waals surface area contributed by atoms with Crippen molar-refractivity contribution in [2.75, 3.05) is 26.2 Å². The molecule has 74 valence electrons. The summed E-state index contributed by atoms with van der Waals surface area (Å²) in [5.41, 5.74) is 0. The lowest BCUT2D eigenvalue weighted by Gasteiger charge is -2.27. The Hall–Kier alpha value is -0.770. The van der Waals surface area contributed by atoms with Crippen LogP contribution in [-0.2, 0) is 4.74 Å². The van der Waals surface area contributed by atoms with E-state index in [9.17, 15) is 4.79 Å². The number of amides is 1. The summed E-state index contributed by atoms with van der Waals surface area (Å²) in [6.45, 7) is 3.30. The zero-order valence-electron chi connectivity index (χ0n) is 7.87. The molecule has 0 aromatic rings. The van der Waals surface area contributed by atoms with Crippen LogP contribution in [0.1, 0.15) is 25.7 Å². The van der Waals surface area contributed by atoms with Crippen molar-refractivity contribution in [3.8, 4) is 0 Å². The number of ether oxygens (including phenoxy) is 1. The summed E-state index contributed by atoms with van der Waals surface area (Å²) in [5.74, 6) is 0. The Bertz CT molecular complexity index is 188. The zero-order chi connectivity index (χ0) is 9.10. The largest absolute Gasteiger partial charge is 0.447 e. The maximum Gasteiger partial charge on any atom is 0.424 e. The second kappa shape index (κ2) is 3.96. The van der Waals surface area contributed by atoms with E-state index in [-0.39, 0.29) is 6.09 Å². The summed E-state index contributed by atoms with van der Waals surface area (Å²) in [4.78, 5) is 11.2. The standard InChI is InChI=1S/C9H16N2O2/c12-9-11(7-8-13-9)10-5-3-1-2-4-6-10/h1-8H2. The summed E-state index contributed by atoms with van der Waals surface area (Å²) >= 11 is 0. The number of hydrogen-bond donors (Lipinski definition) is 0. The summed E-state index contributed by atoms with van der Waals surface area (Å²) in [6, 6.07) is 0. The van der Waals surface area contributed by atoms with Crippen LogP contribution in [0, 0.1) is 0 Å². The maximum absolute atomic E-state index is 11.2. The van der Waals surface area contributed by atoms with Crippen LogP contribution in [0.15, 0.2) is 0 Å². The predicted octanol–water partition coefficient (Wildman–Crippen LogP) is 1.23. The first-order chi connectivity index (χ1) is 6.38. The summed E-state index contributed by atoms with van der Waals surface area (Å²) in [5, 5.41) is 3.90. The van der Waals surface area contributed by atoms with E-state index in [1.165, 1.54) is 25.7 Å². The van der Waals surface area contributed by atoms with Crippen LogP contribution in [0.4, 0.5) is 4.79 Å². The van der Waals surface area contributed by atoms with Gasteiger partial charge in [0.15, 0.2) is 0 Å². The molecule has 0 spiro atoms. The minimum Gasteiger partial charge on any atom is -0.447 e.